The first-order valence-corrected chi connectivity index (χ1v) is 10.3. The van der Waals surface area contributed by atoms with E-state index in [0.29, 0.717) is 0 Å². The number of hydrogen-bond donors (Lipinski definition) is 0. The van der Waals surface area contributed by atoms with E-state index in [1.165, 1.54) is 10.3 Å². The van der Waals surface area contributed by atoms with Crippen LogP contribution in [0.2, 0.25) is 0 Å². The molecule has 1 aliphatic rings. The molecule has 0 atom stereocenters. The lowest BCUT2D eigenvalue weighted by Crippen LogP contribution is -2.48. The minimum Gasteiger partial charge on any atom is -0.336 e. The molecule has 4 rings (SSSR count). The SMILES string of the molecule is Cc1cc(C)c(C(=O)N2CCN(Cc3nc4ccccc4s3)CC2)c(C)c1. The zero-order chi connectivity index (χ0) is 19.0. The molecule has 0 radical (unpaired) electrons. The first kappa shape index (κ1) is 18.1. The van der Waals surface area contributed by atoms with Gasteiger partial charge in [-0.1, -0.05) is 29.8 Å². The Morgan fingerprint density at radius 3 is 2.37 bits per heavy atom. The number of hydrogen-bond acceptors (Lipinski definition) is 4. The van der Waals surface area contributed by atoms with Gasteiger partial charge in [0.2, 0.25) is 0 Å². The van der Waals surface area contributed by atoms with Gasteiger partial charge in [-0.05, 0) is 44.0 Å². The van der Waals surface area contributed by atoms with E-state index < -0.39 is 0 Å². The Balaban J connectivity index is 1.40. The molecule has 2 aromatic carbocycles. The molecule has 1 aromatic heterocycles. The predicted octanol–water partition coefficient (Wildman–Crippen LogP) is 4.18. The van der Waals surface area contributed by atoms with Crippen LogP contribution in [-0.2, 0) is 6.54 Å². The molecule has 0 aliphatic carbocycles. The Morgan fingerprint density at radius 1 is 1.04 bits per heavy atom. The molecule has 4 nitrogen and oxygen atoms in total. The van der Waals surface area contributed by atoms with Crippen LogP contribution < -0.4 is 0 Å². The van der Waals surface area contributed by atoms with Crippen molar-refractivity contribution < 1.29 is 4.79 Å². The molecule has 0 spiro atoms. The molecule has 1 saturated heterocycles. The van der Waals surface area contributed by atoms with Gasteiger partial charge < -0.3 is 4.90 Å². The number of piperazine rings is 1. The van der Waals surface area contributed by atoms with E-state index in [2.05, 4.69) is 42.2 Å². The van der Waals surface area contributed by atoms with Crippen LogP contribution in [0.15, 0.2) is 36.4 Å². The third kappa shape index (κ3) is 3.75. The smallest absolute Gasteiger partial charge is 0.254 e. The number of nitrogens with zero attached hydrogens (tertiary/aromatic N) is 3. The number of carbonyl (C=O) groups excluding carboxylic acids is 1. The standard InChI is InChI=1S/C22H25N3OS/c1-15-12-16(2)21(17(3)13-15)22(26)25-10-8-24(9-11-25)14-20-23-18-6-4-5-7-19(18)27-20/h4-7,12-13H,8-11,14H2,1-3H3. The molecule has 1 amide bonds. The second-order valence-electron chi connectivity index (χ2n) is 7.42. The summed E-state index contributed by atoms with van der Waals surface area (Å²) in [5, 5.41) is 1.15. The second-order valence-corrected chi connectivity index (χ2v) is 8.53. The molecule has 0 unspecified atom stereocenters. The van der Waals surface area contributed by atoms with E-state index in [9.17, 15) is 4.79 Å². The molecule has 5 heteroatoms. The first-order valence-electron chi connectivity index (χ1n) is 9.45. The summed E-state index contributed by atoms with van der Waals surface area (Å²) in [5.41, 5.74) is 5.32. The van der Waals surface area contributed by atoms with Crippen LogP contribution in [0.1, 0.15) is 32.1 Å². The van der Waals surface area contributed by atoms with Gasteiger partial charge in [0.15, 0.2) is 0 Å². The third-order valence-electron chi connectivity index (χ3n) is 5.25. The van der Waals surface area contributed by atoms with Crippen molar-refractivity contribution in [3.63, 3.8) is 0 Å². The molecule has 27 heavy (non-hydrogen) atoms. The summed E-state index contributed by atoms with van der Waals surface area (Å²) in [4.78, 5) is 22.2. The summed E-state index contributed by atoms with van der Waals surface area (Å²) in [6, 6.07) is 12.5. The number of para-hydroxylation sites is 1. The van der Waals surface area contributed by atoms with Crippen molar-refractivity contribution in [2.24, 2.45) is 0 Å². The van der Waals surface area contributed by atoms with Crippen LogP contribution in [0.5, 0.6) is 0 Å². The number of aromatic nitrogens is 1. The Labute approximate surface area is 164 Å². The highest BCUT2D eigenvalue weighted by atomic mass is 32.1. The van der Waals surface area contributed by atoms with E-state index in [1.807, 2.05) is 24.8 Å². The van der Waals surface area contributed by atoms with Gasteiger partial charge in [-0.3, -0.25) is 9.69 Å². The molecule has 2 heterocycles. The van der Waals surface area contributed by atoms with Gasteiger partial charge in [0.1, 0.15) is 5.01 Å². The summed E-state index contributed by atoms with van der Waals surface area (Å²) in [5.74, 6) is 0.171. The van der Waals surface area contributed by atoms with Gasteiger partial charge in [-0.2, -0.15) is 0 Å². The van der Waals surface area contributed by atoms with Crippen LogP contribution in [0.25, 0.3) is 10.2 Å². The molecular formula is C22H25N3OS. The second kappa shape index (κ2) is 7.41. The van der Waals surface area contributed by atoms with Crippen molar-refractivity contribution in [2.75, 3.05) is 26.2 Å². The molecule has 140 valence electrons. The van der Waals surface area contributed by atoms with E-state index in [4.69, 9.17) is 4.98 Å². The van der Waals surface area contributed by atoms with Gasteiger partial charge in [-0.15, -0.1) is 11.3 Å². The van der Waals surface area contributed by atoms with Crippen LogP contribution in [0, 0.1) is 20.8 Å². The number of rotatable bonds is 3. The highest BCUT2D eigenvalue weighted by Gasteiger charge is 2.25. The Hall–Kier alpha value is -2.24. The normalized spacial score (nSPS) is 15.4. The van der Waals surface area contributed by atoms with E-state index in [1.54, 1.807) is 11.3 Å². The van der Waals surface area contributed by atoms with Crippen molar-refractivity contribution in [3.8, 4) is 0 Å². The highest BCUT2D eigenvalue weighted by molar-refractivity contribution is 7.18. The molecular weight excluding hydrogens is 354 g/mol. The maximum atomic E-state index is 13.0. The fraction of sp³-hybridized carbons (Fsp3) is 0.364. The van der Waals surface area contributed by atoms with Crippen LogP contribution in [0.3, 0.4) is 0 Å². The van der Waals surface area contributed by atoms with Gasteiger partial charge in [-0.25, -0.2) is 4.98 Å². The van der Waals surface area contributed by atoms with E-state index in [-0.39, 0.29) is 5.91 Å². The lowest BCUT2D eigenvalue weighted by Gasteiger charge is -2.34. The highest BCUT2D eigenvalue weighted by Crippen LogP contribution is 2.24. The van der Waals surface area contributed by atoms with Crippen LogP contribution >= 0.6 is 11.3 Å². The van der Waals surface area contributed by atoms with Gasteiger partial charge in [0.25, 0.3) is 5.91 Å². The number of aryl methyl sites for hydroxylation is 3. The number of carbonyl (C=O) groups is 1. The average molecular weight is 380 g/mol. The fourth-order valence-corrected chi connectivity index (χ4v) is 4.97. The molecule has 1 fully saturated rings. The van der Waals surface area contributed by atoms with Crippen LogP contribution in [-0.4, -0.2) is 46.9 Å². The van der Waals surface area contributed by atoms with Gasteiger partial charge in [0.05, 0.1) is 16.8 Å². The predicted molar refractivity (Wildman–Crippen MR) is 111 cm³/mol. The van der Waals surface area contributed by atoms with Crippen LogP contribution in [0.4, 0.5) is 0 Å². The molecule has 0 bridgehead atoms. The lowest BCUT2D eigenvalue weighted by atomic mass is 9.98. The minimum absolute atomic E-state index is 0.171. The number of amides is 1. The average Bonchev–Trinajstić information content (AvgIpc) is 3.03. The summed E-state index contributed by atoms with van der Waals surface area (Å²) in [6.07, 6.45) is 0. The molecule has 0 saturated carbocycles. The molecule has 3 aromatic rings. The third-order valence-corrected chi connectivity index (χ3v) is 6.27. The maximum Gasteiger partial charge on any atom is 0.254 e. The molecule has 0 N–H and O–H groups in total. The van der Waals surface area contributed by atoms with Gasteiger partial charge in [0, 0.05) is 31.7 Å². The Bertz CT molecular complexity index is 930. The van der Waals surface area contributed by atoms with E-state index in [0.717, 1.165) is 59.9 Å². The maximum absolute atomic E-state index is 13.0. The van der Waals surface area contributed by atoms with Crippen molar-refractivity contribution in [3.05, 3.63) is 63.7 Å². The van der Waals surface area contributed by atoms with Gasteiger partial charge >= 0.3 is 0 Å². The monoisotopic (exact) mass is 379 g/mol. The fourth-order valence-electron chi connectivity index (χ4n) is 3.96. The zero-order valence-electron chi connectivity index (χ0n) is 16.2. The van der Waals surface area contributed by atoms with E-state index >= 15 is 0 Å². The van der Waals surface area contributed by atoms with Crippen molar-refractivity contribution >= 4 is 27.5 Å². The summed E-state index contributed by atoms with van der Waals surface area (Å²) in [6.45, 7) is 10.4. The summed E-state index contributed by atoms with van der Waals surface area (Å²) >= 11 is 1.77. The quantitative estimate of drug-likeness (QED) is 0.685. The summed E-state index contributed by atoms with van der Waals surface area (Å²) in [7, 11) is 0. The minimum atomic E-state index is 0.171. The zero-order valence-corrected chi connectivity index (χ0v) is 17.0. The number of thiazole rings is 1. The van der Waals surface area contributed by atoms with Crippen molar-refractivity contribution in [1.29, 1.82) is 0 Å². The summed E-state index contributed by atoms with van der Waals surface area (Å²) < 4.78 is 1.24. The lowest BCUT2D eigenvalue weighted by molar-refractivity contribution is 0.0627. The largest absolute Gasteiger partial charge is 0.336 e. The molecule has 1 aliphatic heterocycles. The van der Waals surface area contributed by atoms with Crippen molar-refractivity contribution in [2.45, 2.75) is 27.3 Å². The Morgan fingerprint density at radius 2 is 1.70 bits per heavy atom. The first-order chi connectivity index (χ1) is 13.0. The number of fused-ring (bicyclic) bond motifs is 1. The van der Waals surface area contributed by atoms with Crippen molar-refractivity contribution in [1.82, 2.24) is 14.8 Å². The number of benzene rings is 2. The topological polar surface area (TPSA) is 36.4 Å². The Kier molecular flexibility index (Phi) is 4.98.